The number of nitrogens with zero attached hydrogens (tertiary/aromatic N) is 2. The van der Waals surface area contributed by atoms with Crippen LogP contribution in [-0.4, -0.2) is 61.5 Å². The first-order chi connectivity index (χ1) is 17.0. The lowest BCUT2D eigenvalue weighted by Crippen LogP contribution is -2.53. The quantitative estimate of drug-likeness (QED) is 0.147. The molecule has 204 valence electrons. The third-order valence-corrected chi connectivity index (χ3v) is 10.0. The Kier molecular flexibility index (Phi) is 11.9. The third kappa shape index (κ3) is 6.90. The van der Waals surface area contributed by atoms with Gasteiger partial charge in [0.15, 0.2) is 39.1 Å². The van der Waals surface area contributed by atoms with E-state index in [0.29, 0.717) is 5.56 Å². The molecule has 1 aliphatic carbocycles. The molecule has 0 saturated carbocycles. The number of nitro groups is 1. The lowest BCUT2D eigenvalue weighted by Gasteiger charge is -2.54. The average Bonchev–Trinajstić information content (AvgIpc) is 2.83. The van der Waals surface area contributed by atoms with Crippen LogP contribution in [0.25, 0.3) is 5.57 Å². The first kappa shape index (κ1) is 31.2. The molecule has 0 unspecified atom stereocenters. The maximum atomic E-state index is 11.8. The van der Waals surface area contributed by atoms with Crippen LogP contribution in [0.4, 0.5) is 5.69 Å². The number of pyridine rings is 1. The largest absolute Gasteiger partial charge is 0.400 e. The second kappa shape index (κ2) is 13.7. The topological polar surface area (TPSA) is 93.0 Å². The zero-order chi connectivity index (χ0) is 27.1. The van der Waals surface area contributed by atoms with E-state index in [1.807, 2.05) is 0 Å². The first-order valence-corrected chi connectivity index (χ1v) is 21.2. The van der Waals surface area contributed by atoms with Crippen LogP contribution < -0.4 is 0 Å². The van der Waals surface area contributed by atoms with Crippen LogP contribution in [0.2, 0.25) is 26.2 Å². The van der Waals surface area contributed by atoms with Crippen molar-refractivity contribution >= 4 is 50.3 Å². The summed E-state index contributed by atoms with van der Waals surface area (Å²) in [7, 11) is -2.76. The average molecular weight is 571 g/mol. The fourth-order valence-electron chi connectivity index (χ4n) is 5.97. The van der Waals surface area contributed by atoms with E-state index >= 15 is 0 Å². The Morgan fingerprint density at radius 2 is 1.47 bits per heavy atom. The molecule has 0 saturated heterocycles. The molecule has 12 heteroatoms. The van der Waals surface area contributed by atoms with Crippen molar-refractivity contribution in [3.05, 3.63) is 40.2 Å². The van der Waals surface area contributed by atoms with E-state index in [9.17, 15) is 10.1 Å². The highest BCUT2D eigenvalue weighted by atomic mass is 28.2. The predicted molar refractivity (Wildman–Crippen MR) is 157 cm³/mol. The summed E-state index contributed by atoms with van der Waals surface area (Å²) in [4.78, 5) is 15.5. The minimum Gasteiger partial charge on any atom is -0.400 e. The fraction of sp³-hybridized carbons (Fsp3) is 0.708. The summed E-state index contributed by atoms with van der Waals surface area (Å²) in [5.41, 5.74) is 1.08. The molecule has 2 rings (SSSR count). The molecule has 1 aromatic heterocycles. The van der Waals surface area contributed by atoms with Crippen LogP contribution in [0.1, 0.15) is 46.6 Å². The maximum absolute atomic E-state index is 11.8. The Hall–Kier alpha value is -1.00. The van der Waals surface area contributed by atoms with Crippen molar-refractivity contribution in [1.29, 1.82) is 0 Å². The van der Waals surface area contributed by atoms with Crippen molar-refractivity contribution in [2.24, 2.45) is 28.6 Å². The van der Waals surface area contributed by atoms with Crippen LogP contribution in [0.3, 0.4) is 0 Å². The molecular weight excluding hydrogens is 525 g/mol. The standard InChI is InChI=1S/C24H46N2O6Si4/c1-15-12-16(17-10-11-25-14-19(17)26(27)28)13-18(23(2,3)21(29-33-6)30-34-7)20(15)24(4,5)22(31-35-8)32-36-9/h10-11,13-15,18,20-22H,12,33-36H2,1-9H3/t15-,18+,20+/m0/s1. The summed E-state index contributed by atoms with van der Waals surface area (Å²) in [5, 5.41) is 11.8. The molecule has 0 spiro atoms. The molecule has 0 amide bonds. The van der Waals surface area contributed by atoms with Gasteiger partial charge in [0.2, 0.25) is 0 Å². The van der Waals surface area contributed by atoms with Gasteiger partial charge in [0.05, 0.1) is 10.5 Å². The predicted octanol–water partition coefficient (Wildman–Crippen LogP) is 2.94. The number of rotatable bonds is 14. The third-order valence-electron chi connectivity index (χ3n) is 7.47. The van der Waals surface area contributed by atoms with Gasteiger partial charge in [-0.15, -0.1) is 0 Å². The summed E-state index contributed by atoms with van der Waals surface area (Å²) in [6.07, 6.45) is 5.45. The van der Waals surface area contributed by atoms with E-state index in [-0.39, 0.29) is 51.8 Å². The molecule has 0 aromatic carbocycles. The number of aromatic nitrogens is 1. The second-order valence-electron chi connectivity index (χ2n) is 10.7. The van der Waals surface area contributed by atoms with E-state index < -0.39 is 39.1 Å². The number of allylic oxidation sites excluding steroid dienone is 2. The zero-order valence-electron chi connectivity index (χ0n) is 23.6. The SMILES string of the molecule is C[SiH2]OC(O[SiH2]C)C(C)(C)[C@H]1[C@H](C(C)(C)C(O[SiH2]C)O[SiH2]C)C=C(c2ccncc2[N+](=O)[O-])C[C@@H]1C. The van der Waals surface area contributed by atoms with Gasteiger partial charge >= 0.3 is 0 Å². The minimum atomic E-state index is -0.705. The van der Waals surface area contributed by atoms with Crippen LogP contribution in [0.5, 0.6) is 0 Å². The van der Waals surface area contributed by atoms with Gasteiger partial charge in [0.1, 0.15) is 18.8 Å². The van der Waals surface area contributed by atoms with Crippen molar-refractivity contribution in [2.45, 2.75) is 79.8 Å². The molecule has 0 radical (unpaired) electrons. The van der Waals surface area contributed by atoms with Crippen LogP contribution in [-0.2, 0) is 17.7 Å². The Bertz CT molecular complexity index is 889. The Morgan fingerprint density at radius 3 is 1.94 bits per heavy atom. The summed E-state index contributed by atoms with van der Waals surface area (Å²) >= 11 is 0. The molecule has 1 heterocycles. The van der Waals surface area contributed by atoms with Crippen LogP contribution in [0.15, 0.2) is 24.5 Å². The minimum absolute atomic E-state index is 0.0388. The highest BCUT2D eigenvalue weighted by Gasteiger charge is 2.52. The van der Waals surface area contributed by atoms with Gasteiger partial charge < -0.3 is 17.7 Å². The molecule has 1 aromatic rings. The number of hydrogen-bond acceptors (Lipinski definition) is 7. The van der Waals surface area contributed by atoms with E-state index in [1.54, 1.807) is 12.3 Å². The molecule has 0 bridgehead atoms. The van der Waals surface area contributed by atoms with Crippen molar-refractivity contribution in [3.8, 4) is 0 Å². The fourth-order valence-corrected chi connectivity index (χ4v) is 9.67. The molecular formula is C24H46N2O6Si4. The van der Waals surface area contributed by atoms with Crippen molar-refractivity contribution in [3.63, 3.8) is 0 Å². The molecule has 0 fully saturated rings. The number of hydrogen-bond donors (Lipinski definition) is 0. The van der Waals surface area contributed by atoms with Gasteiger partial charge in [-0.2, -0.15) is 0 Å². The summed E-state index contributed by atoms with van der Waals surface area (Å²) in [5.74, 6) is 0.481. The van der Waals surface area contributed by atoms with Gasteiger partial charge in [0.25, 0.3) is 5.69 Å². The normalized spacial score (nSPS) is 24.0. The van der Waals surface area contributed by atoms with E-state index in [1.165, 1.54) is 6.20 Å². The van der Waals surface area contributed by atoms with Gasteiger partial charge in [-0.05, 0) is 35.8 Å². The molecule has 8 nitrogen and oxygen atoms in total. The summed E-state index contributed by atoms with van der Waals surface area (Å²) < 4.78 is 25.2. The Balaban J connectivity index is 2.73. The lowest BCUT2D eigenvalue weighted by atomic mass is 9.55. The van der Waals surface area contributed by atoms with Gasteiger partial charge in [0, 0.05) is 17.0 Å². The Labute approximate surface area is 226 Å². The monoisotopic (exact) mass is 570 g/mol. The van der Waals surface area contributed by atoms with Gasteiger partial charge in [-0.25, -0.2) is 0 Å². The van der Waals surface area contributed by atoms with Crippen molar-refractivity contribution < 1.29 is 22.6 Å². The molecule has 0 aliphatic heterocycles. The van der Waals surface area contributed by atoms with Crippen LogP contribution in [0, 0.1) is 38.7 Å². The highest BCUT2D eigenvalue weighted by molar-refractivity contribution is 6.26. The zero-order valence-corrected chi connectivity index (χ0v) is 29.2. The van der Waals surface area contributed by atoms with E-state index in [0.717, 1.165) is 12.0 Å². The van der Waals surface area contributed by atoms with Gasteiger partial charge in [-0.3, -0.25) is 15.1 Å². The van der Waals surface area contributed by atoms with Crippen molar-refractivity contribution in [1.82, 2.24) is 4.98 Å². The Morgan fingerprint density at radius 1 is 0.972 bits per heavy atom. The van der Waals surface area contributed by atoms with E-state index in [2.05, 4.69) is 71.9 Å². The molecule has 0 N–H and O–H groups in total. The molecule has 1 aliphatic rings. The van der Waals surface area contributed by atoms with Gasteiger partial charge in [-0.1, -0.05) is 66.9 Å². The van der Waals surface area contributed by atoms with Crippen LogP contribution >= 0.6 is 0 Å². The van der Waals surface area contributed by atoms with Crippen molar-refractivity contribution in [2.75, 3.05) is 0 Å². The highest BCUT2D eigenvalue weighted by Crippen LogP contribution is 2.55. The lowest BCUT2D eigenvalue weighted by molar-refractivity contribution is -0.385. The summed E-state index contributed by atoms with van der Waals surface area (Å²) in [6.45, 7) is 19.8. The molecule has 3 atom stereocenters. The first-order valence-electron chi connectivity index (χ1n) is 13.2. The maximum Gasteiger partial charge on any atom is 0.294 e. The van der Waals surface area contributed by atoms with E-state index in [4.69, 9.17) is 17.7 Å². The second-order valence-corrected chi connectivity index (χ2v) is 14.3. The molecule has 36 heavy (non-hydrogen) atoms. The smallest absolute Gasteiger partial charge is 0.294 e. The summed E-state index contributed by atoms with van der Waals surface area (Å²) in [6, 6.07) is 1.77.